The molecule has 2 aliphatic rings. The Hall–Kier alpha value is -3.20. The number of fused-ring (bicyclic) bond motifs is 1. The molecule has 4 N–H and O–H groups in total. The van der Waals surface area contributed by atoms with Crippen LogP contribution in [0.5, 0.6) is 0 Å². The number of aromatic nitrogens is 1. The number of nitriles is 1. The molecule has 1 aromatic heterocycles. The van der Waals surface area contributed by atoms with E-state index in [1.807, 2.05) is 0 Å². The number of nitrogens with one attached hydrogen (secondary N) is 4. The number of nitrogens with zero attached hydrogens (tertiary/aromatic N) is 2. The van der Waals surface area contributed by atoms with Crippen LogP contribution in [0.4, 0.5) is 13.2 Å². The van der Waals surface area contributed by atoms with E-state index in [4.69, 9.17) is 0 Å². The van der Waals surface area contributed by atoms with Crippen molar-refractivity contribution in [3.8, 4) is 6.07 Å². The zero-order chi connectivity index (χ0) is 26.7. The molecule has 3 amide bonds. The summed E-state index contributed by atoms with van der Waals surface area (Å²) < 4.78 is 38.5. The maximum atomic E-state index is 13.2. The zero-order valence-corrected chi connectivity index (χ0v) is 20.5. The van der Waals surface area contributed by atoms with Gasteiger partial charge in [-0.1, -0.05) is 33.6 Å². The Bertz CT molecular complexity index is 1040. The van der Waals surface area contributed by atoms with Gasteiger partial charge in [0, 0.05) is 24.5 Å². The molecule has 1 aromatic rings. The van der Waals surface area contributed by atoms with E-state index in [2.05, 4.69) is 27.0 Å². The summed E-state index contributed by atoms with van der Waals surface area (Å²) in [6.45, 7) is 5.83. The molecule has 0 spiro atoms. The third-order valence-electron chi connectivity index (χ3n) is 6.34. The quantitative estimate of drug-likeness (QED) is 0.423. The number of hydrogen-bond acceptors (Lipinski definition) is 6. The van der Waals surface area contributed by atoms with Gasteiger partial charge in [-0.15, -0.1) is 0 Å². The van der Waals surface area contributed by atoms with Crippen LogP contribution in [0.1, 0.15) is 62.8 Å². The Morgan fingerprint density at radius 1 is 1.14 bits per heavy atom. The summed E-state index contributed by atoms with van der Waals surface area (Å²) in [6, 6.07) is -1.58. The predicted octanol–water partition coefficient (Wildman–Crippen LogP) is 1.79. The number of carbonyl (C=O) groups excluding carboxylic acids is 3. The van der Waals surface area contributed by atoms with E-state index in [1.165, 1.54) is 27.0 Å². The van der Waals surface area contributed by atoms with Gasteiger partial charge in [0.1, 0.15) is 18.1 Å². The van der Waals surface area contributed by atoms with E-state index in [0.29, 0.717) is 12.1 Å². The van der Waals surface area contributed by atoms with Crippen LogP contribution in [0.2, 0.25) is 0 Å². The average molecular weight is 509 g/mol. The van der Waals surface area contributed by atoms with E-state index >= 15 is 0 Å². The second kappa shape index (κ2) is 10.8. The smallest absolute Gasteiger partial charge is 0.342 e. The number of amides is 3. The lowest BCUT2D eigenvalue weighted by Gasteiger charge is -2.32. The van der Waals surface area contributed by atoms with Crippen molar-refractivity contribution < 1.29 is 27.6 Å². The molecule has 3 atom stereocenters. The van der Waals surface area contributed by atoms with Gasteiger partial charge in [0.15, 0.2) is 0 Å². The maximum Gasteiger partial charge on any atom is 0.471 e. The molecule has 0 saturated heterocycles. The van der Waals surface area contributed by atoms with E-state index < -0.39 is 47.4 Å². The summed E-state index contributed by atoms with van der Waals surface area (Å²) >= 11 is 0. The fraction of sp³-hybridized carbons (Fsp3) is 0.625. The van der Waals surface area contributed by atoms with Crippen molar-refractivity contribution in [2.45, 2.75) is 77.3 Å². The molecule has 0 radical (unpaired) electrons. The molecule has 196 valence electrons. The summed E-state index contributed by atoms with van der Waals surface area (Å²) in [5.74, 6) is -3.59. The second-order valence-electron chi connectivity index (χ2n) is 10.4. The first kappa shape index (κ1) is 27.4. The third kappa shape index (κ3) is 6.94. The summed E-state index contributed by atoms with van der Waals surface area (Å²) in [5.41, 5.74) is 1.35. The van der Waals surface area contributed by atoms with E-state index in [1.54, 1.807) is 11.5 Å². The fourth-order valence-electron chi connectivity index (χ4n) is 4.15. The van der Waals surface area contributed by atoms with Gasteiger partial charge < -0.3 is 21.3 Å². The Balaban J connectivity index is 1.78. The largest absolute Gasteiger partial charge is 0.471 e. The minimum Gasteiger partial charge on any atom is -0.342 e. The van der Waals surface area contributed by atoms with Gasteiger partial charge in [-0.3, -0.25) is 19.4 Å². The van der Waals surface area contributed by atoms with Crippen molar-refractivity contribution in [3.63, 3.8) is 0 Å². The normalized spacial score (nSPS) is 18.1. The van der Waals surface area contributed by atoms with Gasteiger partial charge in [0.2, 0.25) is 11.8 Å². The maximum absolute atomic E-state index is 13.2. The molecule has 1 aliphatic heterocycles. The molecule has 0 bridgehead atoms. The highest BCUT2D eigenvalue weighted by Crippen LogP contribution is 2.34. The SMILES string of the molecule is CC(C)(C)C(NC(=O)C(F)(F)F)C(=O)NC(CC1CC1)C(=O)NC(C#N)c1cncc2c1CNCC2. The molecular formula is C24H31F3N6O3. The van der Waals surface area contributed by atoms with Crippen LogP contribution in [0.25, 0.3) is 0 Å². The van der Waals surface area contributed by atoms with Crippen LogP contribution in [0.3, 0.4) is 0 Å². The van der Waals surface area contributed by atoms with Gasteiger partial charge in [-0.2, -0.15) is 18.4 Å². The number of halogens is 3. The van der Waals surface area contributed by atoms with Gasteiger partial charge in [0.05, 0.1) is 6.07 Å². The lowest BCUT2D eigenvalue weighted by atomic mass is 9.85. The molecule has 3 unspecified atom stereocenters. The third-order valence-corrected chi connectivity index (χ3v) is 6.34. The van der Waals surface area contributed by atoms with E-state index in [9.17, 15) is 32.8 Å². The fourth-order valence-corrected chi connectivity index (χ4v) is 4.15. The standard InChI is InChI=1S/C24H31F3N6O3/c1-23(2,3)19(33-22(36)24(25,26)27)21(35)31-17(8-13-4-5-13)20(34)32-18(9-28)16-12-30-10-14-6-7-29-11-15(14)16/h10,12-13,17-19,29H,4-8,11H2,1-3H3,(H,31,35)(H,32,34)(H,33,36). The molecule has 36 heavy (non-hydrogen) atoms. The van der Waals surface area contributed by atoms with Crippen LogP contribution < -0.4 is 21.3 Å². The highest BCUT2D eigenvalue weighted by molar-refractivity contribution is 5.93. The van der Waals surface area contributed by atoms with Gasteiger partial charge in [-0.05, 0) is 41.8 Å². The van der Waals surface area contributed by atoms with Crippen molar-refractivity contribution in [3.05, 3.63) is 29.1 Å². The molecule has 0 aromatic carbocycles. The topological polar surface area (TPSA) is 136 Å². The number of hydrogen-bond donors (Lipinski definition) is 4. The highest BCUT2D eigenvalue weighted by Gasteiger charge is 2.44. The van der Waals surface area contributed by atoms with Gasteiger partial charge in [-0.25, -0.2) is 0 Å². The monoisotopic (exact) mass is 508 g/mol. The lowest BCUT2D eigenvalue weighted by molar-refractivity contribution is -0.175. The van der Waals surface area contributed by atoms with Crippen LogP contribution >= 0.6 is 0 Å². The van der Waals surface area contributed by atoms with Crippen molar-refractivity contribution in [1.82, 2.24) is 26.3 Å². The van der Waals surface area contributed by atoms with Crippen LogP contribution in [0, 0.1) is 22.7 Å². The van der Waals surface area contributed by atoms with E-state index in [-0.39, 0.29) is 12.3 Å². The first-order valence-electron chi connectivity index (χ1n) is 11.9. The first-order valence-corrected chi connectivity index (χ1v) is 11.9. The molecule has 9 nitrogen and oxygen atoms in total. The lowest BCUT2D eigenvalue weighted by Crippen LogP contribution is -2.59. The van der Waals surface area contributed by atoms with Crippen molar-refractivity contribution >= 4 is 17.7 Å². The summed E-state index contributed by atoms with van der Waals surface area (Å²) in [7, 11) is 0. The molecular weight excluding hydrogens is 477 g/mol. The second-order valence-corrected chi connectivity index (χ2v) is 10.4. The molecule has 12 heteroatoms. The molecule has 1 aliphatic carbocycles. The molecule has 1 fully saturated rings. The molecule has 2 heterocycles. The molecule has 1 saturated carbocycles. The minimum absolute atomic E-state index is 0.176. The first-order chi connectivity index (χ1) is 16.8. The van der Waals surface area contributed by atoms with Crippen molar-refractivity contribution in [2.24, 2.45) is 11.3 Å². The van der Waals surface area contributed by atoms with Crippen LogP contribution in [0.15, 0.2) is 12.4 Å². The summed E-state index contributed by atoms with van der Waals surface area (Å²) in [6.07, 6.45) is 0.817. The summed E-state index contributed by atoms with van der Waals surface area (Å²) in [4.78, 5) is 42.0. The zero-order valence-electron chi connectivity index (χ0n) is 20.5. The summed E-state index contributed by atoms with van der Waals surface area (Å²) in [5, 5.41) is 20.0. The van der Waals surface area contributed by atoms with E-state index in [0.717, 1.165) is 36.9 Å². The van der Waals surface area contributed by atoms with Gasteiger partial charge >= 0.3 is 12.1 Å². The van der Waals surface area contributed by atoms with Crippen LogP contribution in [-0.2, 0) is 27.3 Å². The van der Waals surface area contributed by atoms with Crippen molar-refractivity contribution in [1.29, 1.82) is 5.26 Å². The Labute approximate surface area is 207 Å². The minimum atomic E-state index is -5.16. The van der Waals surface area contributed by atoms with Gasteiger partial charge in [0.25, 0.3) is 0 Å². The average Bonchev–Trinajstić information content (AvgIpc) is 3.62. The highest BCUT2D eigenvalue weighted by atomic mass is 19.4. The number of alkyl halides is 3. The number of rotatable bonds is 8. The molecule has 3 rings (SSSR count). The Kier molecular flexibility index (Phi) is 8.23. The van der Waals surface area contributed by atoms with Crippen molar-refractivity contribution in [2.75, 3.05) is 6.54 Å². The Morgan fingerprint density at radius 2 is 1.83 bits per heavy atom. The number of carbonyl (C=O) groups is 3. The Morgan fingerprint density at radius 3 is 2.42 bits per heavy atom. The van der Waals surface area contributed by atoms with Crippen LogP contribution in [-0.4, -0.2) is 47.5 Å². The predicted molar refractivity (Wildman–Crippen MR) is 123 cm³/mol. The number of pyridine rings is 1.